The van der Waals surface area contributed by atoms with Crippen LogP contribution in [0.25, 0.3) is 0 Å². The molecular weight excluding hydrogens is 392 g/mol. The topological polar surface area (TPSA) is 89.3 Å². The molecule has 0 saturated carbocycles. The van der Waals surface area contributed by atoms with Crippen LogP contribution in [0.5, 0.6) is 0 Å². The van der Waals surface area contributed by atoms with E-state index in [4.69, 9.17) is 5.14 Å². The highest BCUT2D eigenvalue weighted by Crippen LogP contribution is 2.28. The van der Waals surface area contributed by atoms with Crippen LogP contribution in [0.1, 0.15) is 36.7 Å². The Labute approximate surface area is 150 Å². The molecule has 0 saturated heterocycles. The fourth-order valence-electron chi connectivity index (χ4n) is 2.12. The molecule has 0 unspecified atom stereocenters. The average Bonchev–Trinajstić information content (AvgIpc) is 2.45. The minimum atomic E-state index is -3.82. The van der Waals surface area contributed by atoms with Gasteiger partial charge in [-0.3, -0.25) is 4.79 Å². The molecule has 2 aromatic carbocycles. The molecule has 5 nitrogen and oxygen atoms in total. The number of sulfonamides is 1. The first-order chi connectivity index (χ1) is 11.0. The predicted octanol–water partition coefficient (Wildman–Crippen LogP) is 3.65. The Morgan fingerprint density at radius 3 is 2.33 bits per heavy atom. The van der Waals surface area contributed by atoms with E-state index >= 15 is 0 Å². The van der Waals surface area contributed by atoms with Gasteiger partial charge in [0, 0.05) is 10.2 Å². The van der Waals surface area contributed by atoms with E-state index in [2.05, 4.69) is 42.0 Å². The van der Waals surface area contributed by atoms with Crippen LogP contribution in [0, 0.1) is 0 Å². The van der Waals surface area contributed by atoms with Crippen LogP contribution in [0.15, 0.2) is 51.8 Å². The van der Waals surface area contributed by atoms with E-state index in [1.807, 2.05) is 12.1 Å². The van der Waals surface area contributed by atoms with Gasteiger partial charge in [0.25, 0.3) is 5.91 Å². The predicted molar refractivity (Wildman–Crippen MR) is 98.6 cm³/mol. The molecule has 2 aromatic rings. The number of halogens is 1. The second-order valence-electron chi connectivity index (χ2n) is 6.47. The second-order valence-corrected chi connectivity index (χ2v) is 8.89. The minimum Gasteiger partial charge on any atom is -0.322 e. The monoisotopic (exact) mass is 410 g/mol. The fourth-order valence-corrected chi connectivity index (χ4v) is 3.23. The first-order valence-corrected chi connectivity index (χ1v) is 9.56. The summed E-state index contributed by atoms with van der Waals surface area (Å²) in [5.74, 6) is -0.339. The number of benzene rings is 2. The summed E-state index contributed by atoms with van der Waals surface area (Å²) < 4.78 is 23.4. The molecule has 3 N–H and O–H groups in total. The molecule has 1 amide bonds. The third kappa shape index (κ3) is 4.43. The van der Waals surface area contributed by atoms with E-state index in [9.17, 15) is 13.2 Å². The number of amides is 1. The van der Waals surface area contributed by atoms with Crippen LogP contribution in [0.2, 0.25) is 0 Å². The van der Waals surface area contributed by atoms with E-state index in [0.29, 0.717) is 15.7 Å². The Balaban J connectivity index is 2.28. The summed E-state index contributed by atoms with van der Waals surface area (Å²) in [6.45, 7) is 6.27. The maximum absolute atomic E-state index is 12.4. The highest BCUT2D eigenvalue weighted by Gasteiger charge is 2.18. The van der Waals surface area contributed by atoms with E-state index in [1.165, 1.54) is 18.2 Å². The number of carbonyl (C=O) groups is 1. The third-order valence-corrected chi connectivity index (χ3v) is 5.07. The molecule has 0 heterocycles. The van der Waals surface area contributed by atoms with Crippen molar-refractivity contribution in [1.82, 2.24) is 0 Å². The SMILES string of the molecule is CC(C)(C)c1ccc(C(=O)Nc2cccc(S(N)(=O)=O)c2)c(Br)c1. The van der Waals surface area contributed by atoms with Gasteiger partial charge in [-0.1, -0.05) is 32.9 Å². The summed E-state index contributed by atoms with van der Waals surface area (Å²) >= 11 is 3.42. The molecule has 24 heavy (non-hydrogen) atoms. The lowest BCUT2D eigenvalue weighted by atomic mass is 9.86. The number of nitrogens with two attached hydrogens (primary N) is 1. The molecule has 0 radical (unpaired) electrons. The normalized spacial score (nSPS) is 12.0. The zero-order chi connectivity index (χ0) is 18.1. The van der Waals surface area contributed by atoms with Crippen molar-refractivity contribution >= 4 is 37.5 Å². The Kier molecular flexibility index (Phi) is 5.17. The molecule has 0 aliphatic carbocycles. The van der Waals surface area contributed by atoms with Crippen LogP contribution < -0.4 is 10.5 Å². The van der Waals surface area contributed by atoms with Gasteiger partial charge in [-0.25, -0.2) is 13.6 Å². The highest BCUT2D eigenvalue weighted by atomic mass is 79.9. The molecule has 0 spiro atoms. The number of rotatable bonds is 3. The van der Waals surface area contributed by atoms with E-state index < -0.39 is 10.0 Å². The van der Waals surface area contributed by atoms with E-state index in [0.717, 1.165) is 5.56 Å². The fraction of sp³-hybridized carbons (Fsp3) is 0.235. The van der Waals surface area contributed by atoms with Gasteiger partial charge >= 0.3 is 0 Å². The standard InChI is InChI=1S/C17H19BrN2O3S/c1-17(2,3)11-7-8-14(15(18)9-11)16(21)20-12-5-4-6-13(10-12)24(19,22)23/h4-10H,1-3H3,(H,20,21)(H2,19,22,23). The van der Waals surface area contributed by atoms with Gasteiger partial charge in [-0.2, -0.15) is 0 Å². The van der Waals surface area contributed by atoms with Crippen LogP contribution in [0.3, 0.4) is 0 Å². The lowest BCUT2D eigenvalue weighted by molar-refractivity contribution is 0.102. The molecule has 7 heteroatoms. The van der Waals surface area contributed by atoms with E-state index in [1.54, 1.807) is 12.1 Å². The summed E-state index contributed by atoms with van der Waals surface area (Å²) in [6.07, 6.45) is 0. The highest BCUT2D eigenvalue weighted by molar-refractivity contribution is 9.10. The Hall–Kier alpha value is -1.70. The van der Waals surface area contributed by atoms with Crippen molar-refractivity contribution in [1.29, 1.82) is 0 Å². The van der Waals surface area contributed by atoms with Crippen LogP contribution in [-0.4, -0.2) is 14.3 Å². The van der Waals surface area contributed by atoms with Crippen molar-refractivity contribution in [3.8, 4) is 0 Å². The minimum absolute atomic E-state index is 0.0264. The van der Waals surface area contributed by atoms with Gasteiger partial charge < -0.3 is 5.32 Å². The van der Waals surface area contributed by atoms with Crippen molar-refractivity contribution in [2.24, 2.45) is 5.14 Å². The molecule has 0 bridgehead atoms. The zero-order valence-electron chi connectivity index (χ0n) is 13.6. The summed E-state index contributed by atoms with van der Waals surface area (Å²) in [4.78, 5) is 12.4. The summed E-state index contributed by atoms with van der Waals surface area (Å²) in [5, 5.41) is 7.78. The van der Waals surface area contributed by atoms with E-state index in [-0.39, 0.29) is 16.2 Å². The Bertz CT molecular complexity index is 887. The number of hydrogen-bond donors (Lipinski definition) is 2. The summed E-state index contributed by atoms with van der Waals surface area (Å²) in [5.41, 5.74) is 1.89. The van der Waals surface area contributed by atoms with Gasteiger partial charge in [-0.15, -0.1) is 0 Å². The molecule has 0 aliphatic rings. The number of hydrogen-bond acceptors (Lipinski definition) is 3. The summed E-state index contributed by atoms with van der Waals surface area (Å²) in [6, 6.07) is 11.4. The summed E-state index contributed by atoms with van der Waals surface area (Å²) in [7, 11) is -3.82. The molecule has 2 rings (SSSR count). The van der Waals surface area contributed by atoms with Crippen LogP contribution >= 0.6 is 15.9 Å². The smallest absolute Gasteiger partial charge is 0.256 e. The van der Waals surface area contributed by atoms with Crippen molar-refractivity contribution in [3.05, 3.63) is 58.1 Å². The second kappa shape index (κ2) is 6.66. The number of carbonyl (C=O) groups excluding carboxylic acids is 1. The number of nitrogens with one attached hydrogen (secondary N) is 1. The Morgan fingerprint density at radius 1 is 1.12 bits per heavy atom. The quantitative estimate of drug-likeness (QED) is 0.808. The van der Waals surface area contributed by atoms with Gasteiger partial charge in [0.1, 0.15) is 0 Å². The average molecular weight is 411 g/mol. The molecule has 0 aromatic heterocycles. The van der Waals surface area contributed by atoms with Crippen molar-refractivity contribution < 1.29 is 13.2 Å². The molecule has 128 valence electrons. The lowest BCUT2D eigenvalue weighted by Gasteiger charge is -2.20. The van der Waals surface area contributed by atoms with Crippen LogP contribution in [-0.2, 0) is 15.4 Å². The first-order valence-electron chi connectivity index (χ1n) is 7.23. The number of anilines is 1. The van der Waals surface area contributed by atoms with Gasteiger partial charge in [0.15, 0.2) is 0 Å². The van der Waals surface area contributed by atoms with Gasteiger partial charge in [0.05, 0.1) is 10.5 Å². The van der Waals surface area contributed by atoms with Crippen molar-refractivity contribution in [2.45, 2.75) is 31.1 Å². The molecule has 0 aliphatic heterocycles. The van der Waals surface area contributed by atoms with Gasteiger partial charge in [0.2, 0.25) is 10.0 Å². The zero-order valence-corrected chi connectivity index (χ0v) is 16.0. The first kappa shape index (κ1) is 18.6. The van der Waals surface area contributed by atoms with Gasteiger partial charge in [-0.05, 0) is 57.2 Å². The largest absolute Gasteiger partial charge is 0.322 e. The lowest BCUT2D eigenvalue weighted by Crippen LogP contribution is -2.16. The molecule has 0 fully saturated rings. The van der Waals surface area contributed by atoms with Crippen molar-refractivity contribution in [3.63, 3.8) is 0 Å². The third-order valence-electron chi connectivity index (χ3n) is 3.50. The van der Waals surface area contributed by atoms with Crippen molar-refractivity contribution in [2.75, 3.05) is 5.32 Å². The maximum Gasteiger partial charge on any atom is 0.256 e. The van der Waals surface area contributed by atoms with Crippen LogP contribution in [0.4, 0.5) is 5.69 Å². The molecular formula is C17H19BrN2O3S. The molecule has 0 atom stereocenters. The Morgan fingerprint density at radius 2 is 1.79 bits per heavy atom. The maximum atomic E-state index is 12.4. The number of primary sulfonamides is 1.